The molecule has 5 heteroatoms. The molecule has 2 aromatic heterocycles. The minimum atomic E-state index is -0.157. The van der Waals surface area contributed by atoms with Crippen molar-refractivity contribution in [3.63, 3.8) is 0 Å². The number of benzene rings is 1. The second kappa shape index (κ2) is 5.56. The first kappa shape index (κ1) is 13.0. The number of fused-ring (bicyclic) bond motifs is 1. The third-order valence-electron chi connectivity index (χ3n) is 2.79. The van der Waals surface area contributed by atoms with E-state index in [4.69, 9.17) is 0 Å². The highest BCUT2D eigenvalue weighted by molar-refractivity contribution is 7.22. The lowest BCUT2D eigenvalue weighted by molar-refractivity contribution is -0.111. The first-order valence-electron chi connectivity index (χ1n) is 6.11. The van der Waals surface area contributed by atoms with Crippen LogP contribution in [0.5, 0.6) is 0 Å². The molecule has 0 spiro atoms. The lowest BCUT2D eigenvalue weighted by Crippen LogP contribution is -2.07. The third-order valence-corrected chi connectivity index (χ3v) is 4.57. The molecule has 0 saturated heterocycles. The number of hydrogen-bond donors (Lipinski definition) is 1. The lowest BCUT2D eigenvalue weighted by atomic mass is 10.2. The minimum absolute atomic E-state index is 0.157. The normalized spacial score (nSPS) is 11.2. The number of rotatable bonds is 3. The predicted octanol–water partition coefficient (Wildman–Crippen LogP) is 4.32. The summed E-state index contributed by atoms with van der Waals surface area (Å²) >= 11 is 3.09. The average molecular weight is 300 g/mol. The number of carbonyl (C=O) groups excluding carboxylic acids is 1. The standard InChI is InChI=1S/C15H12N2OS2/c1-10-4-2-6-12-14(10)17-15(20-12)16-13(18)8-7-11-5-3-9-19-11/h2-9H,1H3,(H,16,17,18)/b8-7+. The van der Waals surface area contributed by atoms with Crippen LogP contribution < -0.4 is 5.32 Å². The number of hydrogen-bond acceptors (Lipinski definition) is 4. The Kier molecular flexibility index (Phi) is 3.62. The molecule has 20 heavy (non-hydrogen) atoms. The van der Waals surface area contributed by atoms with Crippen LogP contribution in [0.4, 0.5) is 5.13 Å². The average Bonchev–Trinajstić information content (AvgIpc) is 3.05. The maximum absolute atomic E-state index is 11.8. The SMILES string of the molecule is Cc1cccc2sc(NC(=O)/C=C/c3cccs3)nc12. The van der Waals surface area contributed by atoms with Crippen molar-refractivity contribution in [2.75, 3.05) is 5.32 Å². The quantitative estimate of drug-likeness (QED) is 0.732. The molecule has 3 nitrogen and oxygen atoms in total. The summed E-state index contributed by atoms with van der Waals surface area (Å²) < 4.78 is 1.09. The Morgan fingerprint density at radius 2 is 2.20 bits per heavy atom. The van der Waals surface area contributed by atoms with Gasteiger partial charge in [-0.25, -0.2) is 4.98 Å². The third kappa shape index (κ3) is 2.79. The van der Waals surface area contributed by atoms with Crippen molar-refractivity contribution in [1.29, 1.82) is 0 Å². The zero-order valence-corrected chi connectivity index (χ0v) is 12.4. The zero-order chi connectivity index (χ0) is 13.9. The second-order valence-electron chi connectivity index (χ2n) is 4.28. The van der Waals surface area contributed by atoms with Crippen molar-refractivity contribution < 1.29 is 4.79 Å². The molecule has 3 aromatic rings. The molecule has 1 amide bonds. The summed E-state index contributed by atoms with van der Waals surface area (Å²) in [5.74, 6) is -0.157. The van der Waals surface area contributed by atoms with Crippen molar-refractivity contribution in [2.24, 2.45) is 0 Å². The molecule has 0 radical (unpaired) electrons. The van der Waals surface area contributed by atoms with Crippen molar-refractivity contribution in [2.45, 2.75) is 6.92 Å². The zero-order valence-electron chi connectivity index (χ0n) is 10.8. The molecule has 0 saturated carbocycles. The fourth-order valence-corrected chi connectivity index (χ4v) is 3.40. The van der Waals surface area contributed by atoms with Gasteiger partial charge in [-0.15, -0.1) is 11.3 Å². The highest BCUT2D eigenvalue weighted by atomic mass is 32.1. The molecule has 1 N–H and O–H groups in total. The predicted molar refractivity (Wildman–Crippen MR) is 86.3 cm³/mol. The van der Waals surface area contributed by atoms with Gasteiger partial charge in [-0.2, -0.15) is 0 Å². The van der Waals surface area contributed by atoms with Crippen LogP contribution in [-0.2, 0) is 4.79 Å². The van der Waals surface area contributed by atoms with Gasteiger partial charge in [0.05, 0.1) is 10.2 Å². The van der Waals surface area contributed by atoms with Gasteiger partial charge in [-0.05, 0) is 36.1 Å². The smallest absolute Gasteiger partial charge is 0.250 e. The summed E-state index contributed by atoms with van der Waals surface area (Å²) in [6, 6.07) is 9.95. The van der Waals surface area contributed by atoms with E-state index in [1.165, 1.54) is 17.4 Å². The van der Waals surface area contributed by atoms with E-state index >= 15 is 0 Å². The molecule has 0 unspecified atom stereocenters. The van der Waals surface area contributed by atoms with Gasteiger partial charge in [-0.3, -0.25) is 10.1 Å². The number of carbonyl (C=O) groups is 1. The Bertz CT molecular complexity index is 772. The van der Waals surface area contributed by atoms with Crippen LogP contribution in [0, 0.1) is 6.92 Å². The molecular formula is C15H12N2OS2. The van der Waals surface area contributed by atoms with Crippen molar-refractivity contribution >= 4 is 50.0 Å². The molecule has 0 fully saturated rings. The monoisotopic (exact) mass is 300 g/mol. The van der Waals surface area contributed by atoms with Gasteiger partial charge >= 0.3 is 0 Å². The molecule has 1 aromatic carbocycles. The van der Waals surface area contributed by atoms with Crippen LogP contribution in [0.3, 0.4) is 0 Å². The number of aromatic nitrogens is 1. The van der Waals surface area contributed by atoms with Crippen molar-refractivity contribution in [3.8, 4) is 0 Å². The number of para-hydroxylation sites is 1. The van der Waals surface area contributed by atoms with Crippen LogP contribution in [-0.4, -0.2) is 10.9 Å². The van der Waals surface area contributed by atoms with Gasteiger partial charge in [0.2, 0.25) is 5.91 Å². The van der Waals surface area contributed by atoms with Gasteiger partial charge in [-0.1, -0.05) is 29.5 Å². The number of aryl methyl sites for hydroxylation is 1. The molecular weight excluding hydrogens is 288 g/mol. The number of amides is 1. The highest BCUT2D eigenvalue weighted by Crippen LogP contribution is 2.27. The molecule has 2 heterocycles. The Labute approximate surface area is 124 Å². The Morgan fingerprint density at radius 3 is 2.95 bits per heavy atom. The fourth-order valence-electron chi connectivity index (χ4n) is 1.83. The summed E-state index contributed by atoms with van der Waals surface area (Å²) in [6.45, 7) is 2.02. The number of anilines is 1. The fraction of sp³-hybridized carbons (Fsp3) is 0.0667. The number of thiazole rings is 1. The number of nitrogens with zero attached hydrogens (tertiary/aromatic N) is 1. The second-order valence-corrected chi connectivity index (χ2v) is 6.29. The first-order valence-corrected chi connectivity index (χ1v) is 7.81. The largest absolute Gasteiger partial charge is 0.298 e. The van der Waals surface area contributed by atoms with E-state index in [0.717, 1.165) is 20.7 Å². The van der Waals surface area contributed by atoms with Crippen LogP contribution in [0.2, 0.25) is 0 Å². The van der Waals surface area contributed by atoms with Crippen molar-refractivity contribution in [1.82, 2.24) is 4.98 Å². The molecule has 100 valence electrons. The summed E-state index contributed by atoms with van der Waals surface area (Å²) in [7, 11) is 0. The summed E-state index contributed by atoms with van der Waals surface area (Å²) in [5.41, 5.74) is 2.07. The van der Waals surface area contributed by atoms with E-state index in [9.17, 15) is 4.79 Å². The van der Waals surface area contributed by atoms with E-state index in [2.05, 4.69) is 10.3 Å². The van der Waals surface area contributed by atoms with Gasteiger partial charge in [0.1, 0.15) is 0 Å². The van der Waals surface area contributed by atoms with E-state index in [1.807, 2.05) is 42.6 Å². The summed E-state index contributed by atoms with van der Waals surface area (Å²) in [6.07, 6.45) is 3.34. The van der Waals surface area contributed by atoms with Gasteiger partial charge in [0.15, 0.2) is 5.13 Å². The first-order chi connectivity index (χ1) is 9.72. The summed E-state index contributed by atoms with van der Waals surface area (Å²) in [5, 5.41) is 5.42. The Morgan fingerprint density at radius 1 is 1.30 bits per heavy atom. The minimum Gasteiger partial charge on any atom is -0.298 e. The molecule has 0 aliphatic carbocycles. The van der Waals surface area contributed by atoms with Crippen molar-refractivity contribution in [3.05, 3.63) is 52.2 Å². The van der Waals surface area contributed by atoms with Crippen LogP contribution >= 0.6 is 22.7 Å². The van der Waals surface area contributed by atoms with Gasteiger partial charge < -0.3 is 0 Å². The Hall–Kier alpha value is -1.98. The van der Waals surface area contributed by atoms with E-state index in [-0.39, 0.29) is 5.91 Å². The summed E-state index contributed by atoms with van der Waals surface area (Å²) in [4.78, 5) is 17.4. The number of nitrogens with one attached hydrogen (secondary N) is 1. The maximum atomic E-state index is 11.8. The van der Waals surface area contributed by atoms with Crippen LogP contribution in [0.1, 0.15) is 10.4 Å². The lowest BCUT2D eigenvalue weighted by Gasteiger charge is -1.94. The topological polar surface area (TPSA) is 42.0 Å². The molecule has 3 rings (SSSR count). The van der Waals surface area contributed by atoms with Crippen LogP contribution in [0.25, 0.3) is 16.3 Å². The van der Waals surface area contributed by atoms with E-state index in [0.29, 0.717) is 5.13 Å². The van der Waals surface area contributed by atoms with E-state index in [1.54, 1.807) is 17.4 Å². The highest BCUT2D eigenvalue weighted by Gasteiger charge is 2.07. The van der Waals surface area contributed by atoms with Gasteiger partial charge in [0.25, 0.3) is 0 Å². The molecule has 0 bridgehead atoms. The number of thiophene rings is 1. The molecule has 0 atom stereocenters. The Balaban J connectivity index is 1.76. The maximum Gasteiger partial charge on any atom is 0.250 e. The molecule has 0 aliphatic heterocycles. The van der Waals surface area contributed by atoms with Gasteiger partial charge in [0, 0.05) is 11.0 Å². The van der Waals surface area contributed by atoms with E-state index < -0.39 is 0 Å². The van der Waals surface area contributed by atoms with Crippen LogP contribution in [0.15, 0.2) is 41.8 Å². The molecule has 0 aliphatic rings.